The van der Waals surface area contributed by atoms with Crippen molar-refractivity contribution in [3.05, 3.63) is 36.0 Å². The van der Waals surface area contributed by atoms with Gasteiger partial charge < -0.3 is 9.84 Å². The standard InChI is InChI=1S/C16H20N2O3/c1-4-17-16(3,15(19)20)10-21-13-7-5-6-12-9-8-11(2)18-14(12)13/h5-9,17H,4,10H2,1-3H3,(H,19,20). The molecule has 0 saturated carbocycles. The number of fused-ring (bicyclic) bond motifs is 1. The monoisotopic (exact) mass is 288 g/mol. The molecule has 0 radical (unpaired) electrons. The molecule has 112 valence electrons. The zero-order chi connectivity index (χ0) is 15.5. The molecule has 5 nitrogen and oxygen atoms in total. The van der Waals surface area contributed by atoms with E-state index in [9.17, 15) is 9.90 Å². The van der Waals surface area contributed by atoms with Crippen LogP contribution in [0.4, 0.5) is 0 Å². The van der Waals surface area contributed by atoms with E-state index in [2.05, 4.69) is 10.3 Å². The Morgan fingerprint density at radius 3 is 2.81 bits per heavy atom. The van der Waals surface area contributed by atoms with Crippen molar-refractivity contribution in [3.63, 3.8) is 0 Å². The maximum Gasteiger partial charge on any atom is 0.327 e. The lowest BCUT2D eigenvalue weighted by Crippen LogP contribution is -2.53. The first-order valence-electron chi connectivity index (χ1n) is 6.94. The van der Waals surface area contributed by atoms with Gasteiger partial charge in [-0.25, -0.2) is 4.98 Å². The number of hydrogen-bond donors (Lipinski definition) is 2. The molecule has 0 aliphatic heterocycles. The first kappa shape index (κ1) is 15.3. The molecule has 0 bridgehead atoms. The fourth-order valence-corrected chi connectivity index (χ4v) is 2.13. The van der Waals surface area contributed by atoms with Crippen LogP contribution in [0.3, 0.4) is 0 Å². The fraction of sp³-hybridized carbons (Fsp3) is 0.375. The lowest BCUT2D eigenvalue weighted by Gasteiger charge is -2.25. The number of aliphatic carboxylic acids is 1. The Bertz CT molecular complexity index is 657. The first-order valence-corrected chi connectivity index (χ1v) is 6.94. The summed E-state index contributed by atoms with van der Waals surface area (Å²) in [6, 6.07) is 9.55. The molecule has 2 aromatic rings. The minimum atomic E-state index is -1.12. The number of carbonyl (C=O) groups is 1. The number of nitrogens with zero attached hydrogens (tertiary/aromatic N) is 1. The minimum absolute atomic E-state index is 0.0326. The summed E-state index contributed by atoms with van der Waals surface area (Å²) in [4.78, 5) is 15.9. The summed E-state index contributed by atoms with van der Waals surface area (Å²) in [5, 5.41) is 13.3. The summed E-state index contributed by atoms with van der Waals surface area (Å²) in [7, 11) is 0. The van der Waals surface area contributed by atoms with Crippen LogP contribution in [-0.2, 0) is 4.79 Å². The third-order valence-corrected chi connectivity index (χ3v) is 3.38. The van der Waals surface area contributed by atoms with Gasteiger partial charge in [0, 0.05) is 11.1 Å². The predicted octanol–water partition coefficient (Wildman–Crippen LogP) is 2.37. The summed E-state index contributed by atoms with van der Waals surface area (Å²) in [6.45, 7) is 5.98. The van der Waals surface area contributed by atoms with E-state index in [0.29, 0.717) is 12.3 Å². The van der Waals surface area contributed by atoms with Crippen molar-refractivity contribution < 1.29 is 14.6 Å². The number of likely N-dealkylation sites (N-methyl/N-ethyl adjacent to an activating group) is 1. The zero-order valence-electron chi connectivity index (χ0n) is 12.5. The van der Waals surface area contributed by atoms with E-state index in [0.717, 1.165) is 16.6 Å². The van der Waals surface area contributed by atoms with Crippen molar-refractivity contribution in [2.45, 2.75) is 26.3 Å². The van der Waals surface area contributed by atoms with E-state index in [4.69, 9.17) is 4.74 Å². The Morgan fingerprint density at radius 1 is 1.38 bits per heavy atom. The van der Waals surface area contributed by atoms with Crippen LogP contribution >= 0.6 is 0 Å². The van der Waals surface area contributed by atoms with E-state index in [1.54, 1.807) is 6.92 Å². The highest BCUT2D eigenvalue weighted by Gasteiger charge is 2.33. The molecule has 1 heterocycles. The smallest absolute Gasteiger partial charge is 0.327 e. The SMILES string of the molecule is CCNC(C)(COc1cccc2ccc(C)nc12)C(=O)O. The summed E-state index contributed by atoms with van der Waals surface area (Å²) >= 11 is 0. The number of pyridine rings is 1. The number of ether oxygens (including phenoxy) is 1. The van der Waals surface area contributed by atoms with Crippen LogP contribution in [-0.4, -0.2) is 34.8 Å². The van der Waals surface area contributed by atoms with Gasteiger partial charge in [-0.15, -0.1) is 0 Å². The van der Waals surface area contributed by atoms with E-state index < -0.39 is 11.5 Å². The lowest BCUT2D eigenvalue weighted by molar-refractivity contribution is -0.145. The number of carboxylic acid groups (broad SMARTS) is 1. The van der Waals surface area contributed by atoms with E-state index >= 15 is 0 Å². The Labute approximate surface area is 124 Å². The number of hydrogen-bond acceptors (Lipinski definition) is 4. The number of benzene rings is 1. The van der Waals surface area contributed by atoms with Crippen molar-refractivity contribution in [3.8, 4) is 5.75 Å². The molecule has 0 amide bonds. The van der Waals surface area contributed by atoms with Crippen molar-refractivity contribution >= 4 is 16.9 Å². The Hall–Kier alpha value is -2.14. The molecule has 0 spiro atoms. The number of nitrogens with one attached hydrogen (secondary N) is 1. The summed E-state index contributed by atoms with van der Waals surface area (Å²) in [5.74, 6) is -0.338. The van der Waals surface area contributed by atoms with Gasteiger partial charge in [0.05, 0.1) is 0 Å². The maximum atomic E-state index is 11.4. The fourth-order valence-electron chi connectivity index (χ4n) is 2.13. The van der Waals surface area contributed by atoms with E-state index in [1.165, 1.54) is 0 Å². The molecule has 1 unspecified atom stereocenters. The maximum absolute atomic E-state index is 11.4. The van der Waals surface area contributed by atoms with Crippen LogP contribution < -0.4 is 10.1 Å². The first-order chi connectivity index (χ1) is 9.96. The average molecular weight is 288 g/mol. The van der Waals surface area contributed by atoms with Gasteiger partial charge in [-0.2, -0.15) is 0 Å². The van der Waals surface area contributed by atoms with Gasteiger partial charge in [-0.3, -0.25) is 10.1 Å². The lowest BCUT2D eigenvalue weighted by atomic mass is 10.0. The van der Waals surface area contributed by atoms with Crippen LogP contribution in [0.1, 0.15) is 19.5 Å². The van der Waals surface area contributed by atoms with E-state index in [1.807, 2.05) is 44.2 Å². The van der Waals surface area contributed by atoms with Crippen molar-refractivity contribution in [2.75, 3.05) is 13.2 Å². The van der Waals surface area contributed by atoms with Gasteiger partial charge in [0.25, 0.3) is 0 Å². The molecule has 1 aromatic carbocycles. The number of aryl methyl sites for hydroxylation is 1. The van der Waals surface area contributed by atoms with Gasteiger partial charge in [-0.05, 0) is 32.5 Å². The molecule has 0 aliphatic rings. The van der Waals surface area contributed by atoms with Crippen LogP contribution in [0.25, 0.3) is 10.9 Å². The second kappa shape index (κ2) is 6.10. The molecule has 0 saturated heterocycles. The molecule has 0 aliphatic carbocycles. The largest absolute Gasteiger partial charge is 0.489 e. The number of carboxylic acids is 1. The highest BCUT2D eigenvalue weighted by Crippen LogP contribution is 2.24. The van der Waals surface area contributed by atoms with Gasteiger partial charge >= 0.3 is 5.97 Å². The normalized spacial score (nSPS) is 13.9. The third kappa shape index (κ3) is 3.31. The van der Waals surface area contributed by atoms with Crippen LogP contribution in [0.15, 0.2) is 30.3 Å². The highest BCUT2D eigenvalue weighted by atomic mass is 16.5. The third-order valence-electron chi connectivity index (χ3n) is 3.38. The molecular weight excluding hydrogens is 268 g/mol. The summed E-state index contributed by atoms with van der Waals surface area (Å²) in [6.07, 6.45) is 0. The molecule has 1 atom stereocenters. The van der Waals surface area contributed by atoms with Gasteiger partial charge in [0.1, 0.15) is 23.4 Å². The Balaban J connectivity index is 2.27. The Morgan fingerprint density at radius 2 is 2.14 bits per heavy atom. The number of para-hydroxylation sites is 1. The second-order valence-electron chi connectivity index (χ2n) is 5.24. The molecule has 1 aromatic heterocycles. The minimum Gasteiger partial charge on any atom is -0.489 e. The van der Waals surface area contributed by atoms with Crippen molar-refractivity contribution in [1.82, 2.24) is 10.3 Å². The quantitative estimate of drug-likeness (QED) is 0.854. The average Bonchev–Trinajstić information content (AvgIpc) is 2.45. The molecular formula is C16H20N2O3. The molecule has 2 N–H and O–H groups in total. The number of aromatic nitrogens is 1. The summed E-state index contributed by atoms with van der Waals surface area (Å²) < 4.78 is 5.75. The van der Waals surface area contributed by atoms with Crippen LogP contribution in [0, 0.1) is 6.92 Å². The van der Waals surface area contributed by atoms with Gasteiger partial charge in [0.2, 0.25) is 0 Å². The highest BCUT2D eigenvalue weighted by molar-refractivity contribution is 5.84. The zero-order valence-corrected chi connectivity index (χ0v) is 12.5. The van der Waals surface area contributed by atoms with Gasteiger partial charge in [-0.1, -0.05) is 25.1 Å². The van der Waals surface area contributed by atoms with Crippen molar-refractivity contribution in [1.29, 1.82) is 0 Å². The molecule has 21 heavy (non-hydrogen) atoms. The topological polar surface area (TPSA) is 71.5 Å². The Kier molecular flexibility index (Phi) is 4.43. The number of rotatable bonds is 6. The molecule has 0 fully saturated rings. The van der Waals surface area contributed by atoms with Crippen LogP contribution in [0.2, 0.25) is 0 Å². The predicted molar refractivity (Wildman–Crippen MR) is 81.7 cm³/mol. The summed E-state index contributed by atoms with van der Waals surface area (Å²) in [5.41, 5.74) is 0.522. The van der Waals surface area contributed by atoms with E-state index in [-0.39, 0.29) is 6.61 Å². The van der Waals surface area contributed by atoms with Gasteiger partial charge in [0.15, 0.2) is 0 Å². The molecule has 5 heteroatoms. The molecule has 2 rings (SSSR count). The van der Waals surface area contributed by atoms with Crippen LogP contribution in [0.5, 0.6) is 5.75 Å². The second-order valence-corrected chi connectivity index (χ2v) is 5.24. The van der Waals surface area contributed by atoms with Crippen molar-refractivity contribution in [2.24, 2.45) is 0 Å².